The first-order valence-electron chi connectivity index (χ1n) is 9.99. The van der Waals surface area contributed by atoms with Crippen LogP contribution in [0.5, 0.6) is 0 Å². The lowest BCUT2D eigenvalue weighted by atomic mass is 9.85. The van der Waals surface area contributed by atoms with Crippen LogP contribution in [0.2, 0.25) is 0 Å². The van der Waals surface area contributed by atoms with E-state index in [1.165, 1.54) is 6.92 Å². The van der Waals surface area contributed by atoms with Gasteiger partial charge in [0.2, 0.25) is 5.91 Å². The van der Waals surface area contributed by atoms with E-state index in [0.717, 1.165) is 31.7 Å². The summed E-state index contributed by atoms with van der Waals surface area (Å²) >= 11 is -2.39. The third-order valence-corrected chi connectivity index (χ3v) is 8.92. The number of carbonyl (C=O) groups excluding carboxylic acids is 1. The van der Waals surface area contributed by atoms with Gasteiger partial charge >= 0.3 is 0 Å². The molecule has 2 atom stereocenters. The zero-order valence-corrected chi connectivity index (χ0v) is 20.0. The maximum Gasteiger partial charge on any atom is 0.217 e. The van der Waals surface area contributed by atoms with Crippen molar-refractivity contribution in [3.63, 3.8) is 0 Å². The van der Waals surface area contributed by atoms with E-state index in [-0.39, 0.29) is 11.9 Å². The molecule has 1 aliphatic carbocycles. The van der Waals surface area contributed by atoms with Crippen molar-refractivity contribution < 1.29 is 13.9 Å². The van der Waals surface area contributed by atoms with Crippen molar-refractivity contribution in [3.8, 4) is 0 Å². The zero-order valence-electron chi connectivity index (χ0n) is 18.3. The molecule has 29 heavy (non-hydrogen) atoms. The Morgan fingerprint density at radius 1 is 0.897 bits per heavy atom. The average molecular weight is 434 g/mol. The van der Waals surface area contributed by atoms with E-state index in [2.05, 4.69) is 5.32 Å². The minimum Gasteiger partial charge on any atom is -0.611 e. The minimum absolute atomic E-state index is 0.0847. The first-order valence-corrected chi connectivity index (χ1v) is 12.3. The number of nitrogens with one attached hydrogen (secondary N) is 1. The Hall–Kier alpha value is -1.21. The fourth-order valence-electron chi connectivity index (χ4n) is 3.90. The number of hydrogen-bond acceptors (Lipinski definition) is 3. The van der Waals surface area contributed by atoms with Gasteiger partial charge in [0.1, 0.15) is 9.49 Å². The highest BCUT2D eigenvalue weighted by Crippen LogP contribution is 2.41. The lowest BCUT2D eigenvalue weighted by Crippen LogP contribution is -2.40. The van der Waals surface area contributed by atoms with E-state index in [0.29, 0.717) is 12.8 Å². The smallest absolute Gasteiger partial charge is 0.217 e. The maximum atomic E-state index is 13.3. The van der Waals surface area contributed by atoms with E-state index in [9.17, 15) is 13.9 Å². The summed E-state index contributed by atoms with van der Waals surface area (Å²) in [6.45, 7) is 13.4. The molecule has 1 amide bonds. The summed E-state index contributed by atoms with van der Waals surface area (Å²) in [4.78, 5) is 13.4. The second-order valence-electron chi connectivity index (χ2n) is 9.75. The molecular formula is C23H31NO3S2. The zero-order chi connectivity index (χ0) is 21.7. The molecule has 0 aromatic heterocycles. The van der Waals surface area contributed by atoms with E-state index >= 15 is 0 Å². The van der Waals surface area contributed by atoms with Gasteiger partial charge in [-0.2, -0.15) is 0 Å². The number of rotatable bonds is 3. The van der Waals surface area contributed by atoms with Gasteiger partial charge in [0.05, 0.1) is 0 Å². The first kappa shape index (κ1) is 22.5. The number of amides is 1. The van der Waals surface area contributed by atoms with Crippen LogP contribution in [0.1, 0.15) is 59.6 Å². The molecule has 2 aromatic carbocycles. The highest BCUT2D eigenvalue weighted by molar-refractivity contribution is 7.93. The number of hydrogen-bond donors (Lipinski definition) is 1. The SMILES string of the molecule is CC(=O)NC1Cc2c([S+]([O-])C(C)(C)C)ccc3ccc([S+]([O-])C(C)(C)C)c(c23)C1. The van der Waals surface area contributed by atoms with Crippen LogP contribution in [0.4, 0.5) is 0 Å². The Morgan fingerprint density at radius 3 is 1.66 bits per heavy atom. The van der Waals surface area contributed by atoms with E-state index in [4.69, 9.17) is 0 Å². The topological polar surface area (TPSA) is 75.2 Å². The van der Waals surface area contributed by atoms with E-state index in [1.54, 1.807) is 0 Å². The predicted molar refractivity (Wildman–Crippen MR) is 121 cm³/mol. The number of benzene rings is 2. The van der Waals surface area contributed by atoms with Crippen LogP contribution in [-0.4, -0.2) is 30.5 Å². The van der Waals surface area contributed by atoms with Gasteiger partial charge in [0.25, 0.3) is 0 Å². The molecule has 0 saturated heterocycles. The van der Waals surface area contributed by atoms with Gasteiger partial charge in [-0.15, -0.1) is 0 Å². The van der Waals surface area contributed by atoms with Gasteiger partial charge in [-0.1, -0.05) is 0 Å². The second-order valence-corrected chi connectivity index (χ2v) is 14.2. The quantitative estimate of drug-likeness (QED) is 0.735. The average Bonchev–Trinajstić information content (AvgIpc) is 2.59. The maximum absolute atomic E-state index is 13.3. The Morgan fingerprint density at radius 2 is 1.31 bits per heavy atom. The molecule has 0 bridgehead atoms. The van der Waals surface area contributed by atoms with Crippen molar-refractivity contribution in [2.75, 3.05) is 0 Å². The van der Waals surface area contributed by atoms with Gasteiger partial charge in [-0.05, 0) is 112 Å². The van der Waals surface area contributed by atoms with Gasteiger partial charge in [0, 0.05) is 24.1 Å². The minimum atomic E-state index is -1.19. The molecule has 1 aliphatic rings. The van der Waals surface area contributed by atoms with Crippen molar-refractivity contribution >= 4 is 39.0 Å². The summed E-state index contributed by atoms with van der Waals surface area (Å²) in [5.41, 5.74) is 2.03. The monoisotopic (exact) mass is 433 g/mol. The largest absolute Gasteiger partial charge is 0.611 e. The summed E-state index contributed by atoms with van der Waals surface area (Å²) in [6.07, 6.45) is 1.26. The molecule has 0 spiro atoms. The Balaban J connectivity index is 2.28. The van der Waals surface area contributed by atoms with Crippen molar-refractivity contribution in [3.05, 3.63) is 35.4 Å². The molecule has 3 rings (SSSR count). The predicted octanol–water partition coefficient (Wildman–Crippen LogP) is 4.26. The van der Waals surface area contributed by atoms with E-state index in [1.807, 2.05) is 65.8 Å². The summed E-state index contributed by atoms with van der Waals surface area (Å²) < 4.78 is 25.8. The molecule has 0 fully saturated rings. The summed E-state index contributed by atoms with van der Waals surface area (Å²) in [6, 6.07) is 7.85. The van der Waals surface area contributed by atoms with Crippen molar-refractivity contribution in [2.45, 2.75) is 86.6 Å². The molecule has 2 unspecified atom stereocenters. The molecule has 6 heteroatoms. The van der Waals surface area contributed by atoms with Crippen molar-refractivity contribution in [1.82, 2.24) is 5.32 Å². The Labute approximate surface area is 180 Å². The molecule has 1 N–H and O–H groups in total. The van der Waals surface area contributed by atoms with Crippen LogP contribution in [0, 0.1) is 0 Å². The van der Waals surface area contributed by atoms with E-state index < -0.39 is 31.8 Å². The van der Waals surface area contributed by atoms with Crippen molar-refractivity contribution in [1.29, 1.82) is 0 Å². The lowest BCUT2D eigenvalue weighted by Gasteiger charge is -2.33. The highest BCUT2D eigenvalue weighted by atomic mass is 32.2. The highest BCUT2D eigenvalue weighted by Gasteiger charge is 2.37. The molecular weight excluding hydrogens is 402 g/mol. The molecule has 0 saturated carbocycles. The van der Waals surface area contributed by atoms with Gasteiger partial charge in [-0.25, -0.2) is 0 Å². The molecule has 2 aromatic rings. The third-order valence-electron chi connectivity index (χ3n) is 5.14. The van der Waals surface area contributed by atoms with Gasteiger partial charge in [0.15, 0.2) is 9.79 Å². The van der Waals surface area contributed by atoms with Gasteiger partial charge < -0.3 is 14.4 Å². The summed E-state index contributed by atoms with van der Waals surface area (Å²) in [7, 11) is 0. The lowest BCUT2D eigenvalue weighted by molar-refractivity contribution is -0.119. The molecule has 158 valence electrons. The Kier molecular flexibility index (Phi) is 6.05. The normalized spacial score (nSPS) is 19.1. The molecule has 0 radical (unpaired) electrons. The van der Waals surface area contributed by atoms with Crippen LogP contribution in [0.25, 0.3) is 10.8 Å². The fraction of sp³-hybridized carbons (Fsp3) is 0.522. The van der Waals surface area contributed by atoms with Crippen LogP contribution >= 0.6 is 0 Å². The third kappa shape index (κ3) is 4.46. The summed E-state index contributed by atoms with van der Waals surface area (Å²) in [5, 5.41) is 5.17. The molecule has 0 heterocycles. The van der Waals surface area contributed by atoms with Crippen LogP contribution < -0.4 is 5.32 Å². The second kappa shape index (κ2) is 7.80. The summed E-state index contributed by atoms with van der Waals surface area (Å²) in [5.74, 6) is -0.0847. The standard InChI is InChI=1S/C23H31NO3S2/c1-14(25)24-16-12-17-19(28(26)22(2,3)4)10-8-15-9-11-20(18(13-16)21(15)17)29(27)23(5,6)7/h8-11,16H,12-13H2,1-7H3,(H,24,25). The number of carbonyl (C=O) groups is 1. The first-order chi connectivity index (χ1) is 13.3. The van der Waals surface area contributed by atoms with Crippen LogP contribution in [0.15, 0.2) is 34.1 Å². The van der Waals surface area contributed by atoms with Gasteiger partial charge in [-0.3, -0.25) is 4.79 Å². The molecule has 4 nitrogen and oxygen atoms in total. The van der Waals surface area contributed by atoms with Crippen LogP contribution in [-0.2, 0) is 40.0 Å². The van der Waals surface area contributed by atoms with Crippen LogP contribution in [0.3, 0.4) is 0 Å². The fourth-order valence-corrected chi connectivity index (χ4v) is 6.42. The Bertz CT molecular complexity index is 879. The van der Waals surface area contributed by atoms with Crippen molar-refractivity contribution in [2.24, 2.45) is 0 Å². The molecule has 0 aliphatic heterocycles.